The van der Waals surface area contributed by atoms with Gasteiger partial charge in [0.05, 0.1) is 0 Å². The van der Waals surface area contributed by atoms with Gasteiger partial charge in [0, 0.05) is 18.5 Å². The molecule has 224 valence electrons. The van der Waals surface area contributed by atoms with Crippen molar-refractivity contribution in [2.45, 2.75) is 109 Å². The molecule has 2 heterocycles. The van der Waals surface area contributed by atoms with Crippen molar-refractivity contribution < 1.29 is 9.90 Å². The Bertz CT molecular complexity index is 1420. The molecule has 0 aliphatic heterocycles. The molecule has 3 saturated carbocycles. The number of hydrogen-bond donors (Lipinski definition) is 3. The lowest BCUT2D eigenvalue weighted by Gasteiger charge is -2.34. The first-order valence-corrected chi connectivity index (χ1v) is 16.0. The number of nitrogens with two attached hydrogens (primary N) is 1. The van der Waals surface area contributed by atoms with Crippen LogP contribution in [0.2, 0.25) is 0 Å². The van der Waals surface area contributed by atoms with Gasteiger partial charge >= 0.3 is 6.09 Å². The normalized spacial score (nSPS) is 26.1. The minimum Gasteiger partial charge on any atom is -0.463 e. The fourth-order valence-corrected chi connectivity index (χ4v) is 7.47. The summed E-state index contributed by atoms with van der Waals surface area (Å²) in [6.07, 6.45) is 11.8. The molecule has 1 amide bonds. The van der Waals surface area contributed by atoms with Gasteiger partial charge in [-0.05, 0) is 74.7 Å². The lowest BCUT2D eigenvalue weighted by molar-refractivity contribution is 0.205. The minimum absolute atomic E-state index is 0.110. The number of amides is 1. The highest BCUT2D eigenvalue weighted by molar-refractivity contribution is 6.01. The number of nitrogens with zero attached hydrogens (tertiary/aromatic N) is 5. The Kier molecular flexibility index (Phi) is 8.45. The van der Waals surface area contributed by atoms with Crippen LogP contribution in [0.5, 0.6) is 0 Å². The van der Waals surface area contributed by atoms with Crippen molar-refractivity contribution in [3.05, 3.63) is 47.5 Å². The maximum absolute atomic E-state index is 11.4. The van der Waals surface area contributed by atoms with E-state index < -0.39 is 6.09 Å². The van der Waals surface area contributed by atoms with Crippen LogP contribution in [-0.2, 0) is 6.54 Å². The molecular formula is C33H45N7O2. The Morgan fingerprint density at radius 2 is 1.71 bits per heavy atom. The van der Waals surface area contributed by atoms with E-state index in [1.807, 2.05) is 0 Å². The van der Waals surface area contributed by atoms with Gasteiger partial charge in [-0.25, -0.2) is 19.7 Å². The fourth-order valence-electron chi connectivity index (χ4n) is 7.47. The van der Waals surface area contributed by atoms with Gasteiger partial charge in [0.2, 0.25) is 0 Å². The molecule has 2 aromatic heterocycles. The van der Waals surface area contributed by atoms with Crippen LogP contribution in [0.4, 0.5) is 10.6 Å². The van der Waals surface area contributed by atoms with Crippen LogP contribution < -0.4 is 11.1 Å². The maximum Gasteiger partial charge on any atom is 0.433 e. The number of aliphatic imine (C=N–C) groups is 1. The number of aromatic nitrogens is 4. The van der Waals surface area contributed by atoms with Crippen molar-refractivity contribution in [2.75, 3.05) is 5.32 Å². The third-order valence-corrected chi connectivity index (χ3v) is 10.2. The van der Waals surface area contributed by atoms with Gasteiger partial charge in [-0.1, -0.05) is 69.4 Å². The average molecular weight is 572 g/mol. The summed E-state index contributed by atoms with van der Waals surface area (Å²) in [5.74, 6) is 4.27. The van der Waals surface area contributed by atoms with E-state index in [-0.39, 0.29) is 23.6 Å². The predicted octanol–water partition coefficient (Wildman–Crippen LogP) is 7.08. The van der Waals surface area contributed by atoms with Gasteiger partial charge in [0.15, 0.2) is 23.1 Å². The lowest BCUT2D eigenvalue weighted by Crippen LogP contribution is -2.32. The first-order chi connectivity index (χ1) is 20.4. The van der Waals surface area contributed by atoms with Gasteiger partial charge in [0.25, 0.3) is 0 Å². The summed E-state index contributed by atoms with van der Waals surface area (Å²) in [5, 5.41) is 13.0. The van der Waals surface area contributed by atoms with Crippen molar-refractivity contribution in [2.24, 2.45) is 28.5 Å². The first kappa shape index (κ1) is 28.6. The monoisotopic (exact) mass is 571 g/mol. The zero-order chi connectivity index (χ0) is 29.2. The lowest BCUT2D eigenvalue weighted by atomic mass is 9.75. The topological polar surface area (TPSA) is 131 Å². The van der Waals surface area contributed by atoms with Gasteiger partial charge < -0.3 is 20.7 Å². The molecule has 42 heavy (non-hydrogen) atoms. The zero-order valence-electron chi connectivity index (χ0n) is 25.0. The Hall–Kier alpha value is -3.49. The van der Waals surface area contributed by atoms with E-state index in [0.29, 0.717) is 29.2 Å². The standard InChI is InChI=1S/C33H45N7O2/c1-20-15-17-22(18-16-20)19-40-27-29(35-21(2)23-11-8-12-23)37-31(28(34)36-33(41)42)38-30(27)39-32(40)26-14-7-6-13-25(26)24-9-4-3-5-10-24/h3-5,9-10,20-23,25-26H,6-8,11-19H2,1-2H3,(H2,34,36)(H,41,42)(H,35,37,38). The van der Waals surface area contributed by atoms with E-state index >= 15 is 0 Å². The number of carbonyl (C=O) groups is 1. The van der Waals surface area contributed by atoms with Gasteiger partial charge in [-0.3, -0.25) is 0 Å². The molecule has 0 spiro atoms. The molecule has 3 fully saturated rings. The number of benzene rings is 1. The molecule has 3 aliphatic carbocycles. The summed E-state index contributed by atoms with van der Waals surface area (Å²) in [7, 11) is 0. The van der Waals surface area contributed by atoms with Crippen molar-refractivity contribution >= 4 is 28.9 Å². The Morgan fingerprint density at radius 1 is 1.00 bits per heavy atom. The van der Waals surface area contributed by atoms with E-state index in [0.717, 1.165) is 36.6 Å². The second kappa shape index (κ2) is 12.4. The highest BCUT2D eigenvalue weighted by Gasteiger charge is 2.35. The second-order valence-electron chi connectivity index (χ2n) is 13.1. The molecule has 1 aromatic carbocycles. The fraction of sp³-hybridized carbons (Fsp3) is 0.606. The summed E-state index contributed by atoms with van der Waals surface area (Å²) >= 11 is 0. The largest absolute Gasteiger partial charge is 0.463 e. The molecule has 0 radical (unpaired) electrons. The molecule has 0 bridgehead atoms. The number of imidazole rings is 1. The van der Waals surface area contributed by atoms with Crippen LogP contribution >= 0.6 is 0 Å². The molecule has 3 unspecified atom stereocenters. The van der Waals surface area contributed by atoms with Crippen LogP contribution in [0, 0.1) is 17.8 Å². The molecule has 9 nitrogen and oxygen atoms in total. The number of amidine groups is 1. The number of hydrogen-bond acceptors (Lipinski definition) is 5. The molecule has 0 saturated heterocycles. The van der Waals surface area contributed by atoms with E-state index in [9.17, 15) is 9.90 Å². The van der Waals surface area contributed by atoms with Gasteiger partial charge in [0.1, 0.15) is 11.3 Å². The molecule has 3 aromatic rings. The molecule has 6 rings (SSSR count). The number of carboxylic acid groups (broad SMARTS) is 1. The van der Waals surface area contributed by atoms with Crippen LogP contribution in [0.25, 0.3) is 11.2 Å². The predicted molar refractivity (Wildman–Crippen MR) is 166 cm³/mol. The summed E-state index contributed by atoms with van der Waals surface area (Å²) < 4.78 is 2.44. The highest BCUT2D eigenvalue weighted by atomic mass is 16.4. The van der Waals surface area contributed by atoms with Crippen LogP contribution in [-0.4, -0.2) is 42.6 Å². The Labute approximate surface area is 248 Å². The smallest absolute Gasteiger partial charge is 0.433 e. The number of anilines is 1. The van der Waals surface area contributed by atoms with Crippen molar-refractivity contribution in [3.8, 4) is 0 Å². The van der Waals surface area contributed by atoms with Crippen molar-refractivity contribution in [3.63, 3.8) is 0 Å². The third kappa shape index (κ3) is 6.01. The summed E-state index contributed by atoms with van der Waals surface area (Å²) in [4.78, 5) is 29.8. The van der Waals surface area contributed by atoms with E-state index in [4.69, 9.17) is 20.7 Å². The molecule has 9 heteroatoms. The van der Waals surface area contributed by atoms with E-state index in [1.165, 1.54) is 63.4 Å². The van der Waals surface area contributed by atoms with Gasteiger partial charge in [-0.15, -0.1) is 0 Å². The van der Waals surface area contributed by atoms with Crippen LogP contribution in [0.15, 0.2) is 35.3 Å². The number of nitrogens with one attached hydrogen (secondary N) is 1. The van der Waals surface area contributed by atoms with E-state index in [2.05, 4.69) is 59.1 Å². The van der Waals surface area contributed by atoms with E-state index in [1.54, 1.807) is 0 Å². The van der Waals surface area contributed by atoms with Crippen LogP contribution in [0.3, 0.4) is 0 Å². The molecular weight excluding hydrogens is 526 g/mol. The Balaban J connectivity index is 1.50. The number of rotatable bonds is 8. The molecule has 3 aliphatic rings. The second-order valence-corrected chi connectivity index (χ2v) is 13.1. The third-order valence-electron chi connectivity index (χ3n) is 10.2. The SMILES string of the molecule is CC1CCC(Cn2c(C3CCCCC3c3ccccc3)nc3nc(C(N)=NC(=O)O)nc(NC(C)C4CCC4)c32)CC1. The van der Waals surface area contributed by atoms with Crippen molar-refractivity contribution in [1.82, 2.24) is 19.5 Å². The summed E-state index contributed by atoms with van der Waals surface area (Å²) in [6, 6.07) is 11.1. The minimum atomic E-state index is -1.36. The van der Waals surface area contributed by atoms with Gasteiger partial charge in [-0.2, -0.15) is 4.99 Å². The van der Waals surface area contributed by atoms with Crippen LogP contribution in [0.1, 0.15) is 114 Å². The average Bonchev–Trinajstić information content (AvgIpc) is 3.31. The molecule has 4 N–H and O–H groups in total. The highest BCUT2D eigenvalue weighted by Crippen LogP contribution is 2.45. The maximum atomic E-state index is 11.4. The van der Waals surface area contributed by atoms with Crippen molar-refractivity contribution in [1.29, 1.82) is 0 Å². The summed E-state index contributed by atoms with van der Waals surface area (Å²) in [5.41, 5.74) is 8.97. The Morgan fingerprint density at radius 3 is 2.38 bits per heavy atom. The molecule has 3 atom stereocenters. The summed E-state index contributed by atoms with van der Waals surface area (Å²) in [6.45, 7) is 5.47. The first-order valence-electron chi connectivity index (χ1n) is 16.0. The quantitative estimate of drug-likeness (QED) is 0.194. The zero-order valence-corrected chi connectivity index (χ0v) is 25.0. The number of fused-ring (bicyclic) bond motifs is 1.